The molecule has 1 aliphatic heterocycles. The number of piperazine rings is 1. The molecule has 0 radical (unpaired) electrons. The minimum Gasteiger partial charge on any atom is -0.497 e. The zero-order valence-electron chi connectivity index (χ0n) is 16.7. The molecule has 0 aliphatic carbocycles. The lowest BCUT2D eigenvalue weighted by Gasteiger charge is -2.36. The number of hydrogen-bond donors (Lipinski definition) is 1. The smallest absolute Gasteiger partial charge is 0.497 e. The minimum absolute atomic E-state index is 0.237. The highest BCUT2D eigenvalue weighted by atomic mass is 79.9. The van der Waals surface area contributed by atoms with E-state index in [4.69, 9.17) is 10.5 Å². The van der Waals surface area contributed by atoms with Crippen LogP contribution in [0.5, 0.6) is 11.5 Å². The molecule has 0 bridgehead atoms. The molecule has 9 heteroatoms. The highest BCUT2D eigenvalue weighted by Crippen LogP contribution is 2.30. The van der Waals surface area contributed by atoms with Crippen molar-refractivity contribution in [3.63, 3.8) is 0 Å². The fourth-order valence-corrected chi connectivity index (χ4v) is 3.92. The van der Waals surface area contributed by atoms with Crippen LogP contribution in [0.15, 0.2) is 46.9 Å². The Hall–Kier alpha value is -1.81. The normalized spacial score (nSPS) is 17.0. The fraction of sp³-hybridized carbons (Fsp3) is 0.429. The molecule has 0 saturated carbocycles. The number of benzene rings is 2. The predicted molar refractivity (Wildman–Crippen MR) is 112 cm³/mol. The van der Waals surface area contributed by atoms with E-state index in [9.17, 15) is 13.2 Å². The Bertz CT molecular complexity index is 842. The first kappa shape index (κ1) is 22.9. The maximum atomic E-state index is 12.7. The predicted octanol–water partition coefficient (Wildman–Crippen LogP) is 4.17. The van der Waals surface area contributed by atoms with Gasteiger partial charge in [0, 0.05) is 55.3 Å². The Morgan fingerprint density at radius 3 is 2.40 bits per heavy atom. The van der Waals surface area contributed by atoms with Crippen LogP contribution >= 0.6 is 15.9 Å². The van der Waals surface area contributed by atoms with Crippen molar-refractivity contribution in [3.8, 4) is 11.5 Å². The monoisotopic (exact) mass is 487 g/mol. The van der Waals surface area contributed by atoms with Gasteiger partial charge in [0.2, 0.25) is 0 Å². The van der Waals surface area contributed by atoms with Gasteiger partial charge >= 0.3 is 6.36 Å². The standard InChI is InChI=1S/C21H25BrF3N3O2/c1-29-16-6-7-18(22)15(12-16)13-27-8-10-28(11-9-27)14-19(26)17-4-2-3-5-20(17)30-21(23,24)25/h2-7,12,19H,8-11,13-14,26H2,1H3. The Kier molecular flexibility index (Phi) is 7.62. The maximum Gasteiger partial charge on any atom is 0.573 e. The zero-order chi connectivity index (χ0) is 21.7. The van der Waals surface area contributed by atoms with Crippen molar-refractivity contribution in [1.82, 2.24) is 9.80 Å². The number of nitrogens with two attached hydrogens (primary N) is 1. The van der Waals surface area contributed by atoms with Crippen molar-refractivity contribution < 1.29 is 22.6 Å². The molecule has 0 spiro atoms. The van der Waals surface area contributed by atoms with Crippen LogP contribution in [0.3, 0.4) is 0 Å². The Balaban J connectivity index is 1.55. The van der Waals surface area contributed by atoms with Crippen LogP contribution in [0.2, 0.25) is 0 Å². The Labute approximate surface area is 182 Å². The quantitative estimate of drug-likeness (QED) is 0.634. The van der Waals surface area contributed by atoms with Crippen LogP contribution in [-0.4, -0.2) is 56.0 Å². The number of para-hydroxylation sites is 1. The Morgan fingerprint density at radius 1 is 1.07 bits per heavy atom. The number of ether oxygens (including phenoxy) is 2. The van der Waals surface area contributed by atoms with Crippen molar-refractivity contribution in [2.24, 2.45) is 5.73 Å². The lowest BCUT2D eigenvalue weighted by molar-refractivity contribution is -0.275. The molecule has 5 nitrogen and oxygen atoms in total. The van der Waals surface area contributed by atoms with Crippen molar-refractivity contribution in [2.45, 2.75) is 18.9 Å². The highest BCUT2D eigenvalue weighted by molar-refractivity contribution is 9.10. The molecular weight excluding hydrogens is 463 g/mol. The van der Waals surface area contributed by atoms with Crippen LogP contribution in [-0.2, 0) is 6.54 Å². The first-order valence-electron chi connectivity index (χ1n) is 9.62. The summed E-state index contributed by atoms with van der Waals surface area (Å²) in [6.45, 7) is 4.53. The zero-order valence-corrected chi connectivity index (χ0v) is 18.2. The van der Waals surface area contributed by atoms with E-state index < -0.39 is 12.4 Å². The summed E-state index contributed by atoms with van der Waals surface area (Å²) in [7, 11) is 1.65. The van der Waals surface area contributed by atoms with Crippen molar-refractivity contribution >= 4 is 15.9 Å². The molecule has 30 heavy (non-hydrogen) atoms. The van der Waals surface area contributed by atoms with E-state index in [-0.39, 0.29) is 5.75 Å². The van der Waals surface area contributed by atoms with Gasteiger partial charge < -0.3 is 15.2 Å². The SMILES string of the molecule is COc1ccc(Br)c(CN2CCN(CC(N)c3ccccc3OC(F)(F)F)CC2)c1. The topological polar surface area (TPSA) is 51.0 Å². The van der Waals surface area contributed by atoms with Gasteiger partial charge in [-0.1, -0.05) is 34.1 Å². The lowest BCUT2D eigenvalue weighted by Crippen LogP contribution is -2.47. The van der Waals surface area contributed by atoms with Gasteiger partial charge in [-0.25, -0.2) is 0 Å². The second-order valence-corrected chi connectivity index (χ2v) is 8.08. The third kappa shape index (κ3) is 6.34. The lowest BCUT2D eigenvalue weighted by atomic mass is 10.1. The first-order valence-corrected chi connectivity index (χ1v) is 10.4. The van der Waals surface area contributed by atoms with E-state index in [1.165, 1.54) is 12.1 Å². The van der Waals surface area contributed by atoms with Crippen LogP contribution in [0.4, 0.5) is 13.2 Å². The number of halogens is 4. The summed E-state index contributed by atoms with van der Waals surface area (Å²) in [5.74, 6) is 0.580. The van der Waals surface area contributed by atoms with Gasteiger partial charge in [-0.2, -0.15) is 0 Å². The van der Waals surface area contributed by atoms with Gasteiger partial charge in [-0.3, -0.25) is 9.80 Å². The number of alkyl halides is 3. The molecule has 164 valence electrons. The number of hydrogen-bond acceptors (Lipinski definition) is 5. The molecule has 1 atom stereocenters. The third-order valence-corrected chi connectivity index (χ3v) is 5.88. The minimum atomic E-state index is -4.74. The summed E-state index contributed by atoms with van der Waals surface area (Å²) in [4.78, 5) is 4.51. The molecule has 0 aromatic heterocycles. The van der Waals surface area contributed by atoms with Gasteiger partial charge in [-0.15, -0.1) is 13.2 Å². The van der Waals surface area contributed by atoms with Crippen LogP contribution in [0, 0.1) is 0 Å². The summed E-state index contributed by atoms with van der Waals surface area (Å²) in [6, 6.07) is 11.4. The molecule has 1 heterocycles. The molecular formula is C21H25BrF3N3O2. The molecule has 1 unspecified atom stereocenters. The van der Waals surface area contributed by atoms with Gasteiger partial charge in [0.15, 0.2) is 0 Å². The second-order valence-electron chi connectivity index (χ2n) is 7.23. The summed E-state index contributed by atoms with van der Waals surface area (Å²) in [6.07, 6.45) is -4.74. The van der Waals surface area contributed by atoms with Crippen LogP contribution < -0.4 is 15.2 Å². The fourth-order valence-electron chi connectivity index (χ4n) is 3.55. The number of methoxy groups -OCH3 is 1. The van der Waals surface area contributed by atoms with E-state index in [0.717, 1.165) is 48.5 Å². The van der Waals surface area contributed by atoms with Crippen LogP contribution in [0.25, 0.3) is 0 Å². The van der Waals surface area contributed by atoms with Crippen molar-refractivity contribution in [1.29, 1.82) is 0 Å². The third-order valence-electron chi connectivity index (χ3n) is 5.11. The van der Waals surface area contributed by atoms with E-state index in [1.54, 1.807) is 19.2 Å². The van der Waals surface area contributed by atoms with E-state index in [1.807, 2.05) is 18.2 Å². The van der Waals surface area contributed by atoms with Crippen LogP contribution in [0.1, 0.15) is 17.2 Å². The first-order chi connectivity index (χ1) is 14.2. The van der Waals surface area contributed by atoms with Gasteiger partial charge in [0.25, 0.3) is 0 Å². The summed E-state index contributed by atoms with van der Waals surface area (Å²) >= 11 is 3.58. The molecule has 1 saturated heterocycles. The largest absolute Gasteiger partial charge is 0.573 e. The summed E-state index contributed by atoms with van der Waals surface area (Å²) < 4.78 is 48.4. The average Bonchev–Trinajstić information content (AvgIpc) is 2.70. The number of nitrogens with zero attached hydrogens (tertiary/aromatic N) is 2. The molecule has 2 N–H and O–H groups in total. The van der Waals surface area contributed by atoms with E-state index in [0.29, 0.717) is 12.1 Å². The molecule has 0 amide bonds. The van der Waals surface area contributed by atoms with Crippen molar-refractivity contribution in [2.75, 3.05) is 39.8 Å². The van der Waals surface area contributed by atoms with E-state index in [2.05, 4.69) is 30.5 Å². The second kappa shape index (κ2) is 10.00. The van der Waals surface area contributed by atoms with Gasteiger partial charge in [0.1, 0.15) is 11.5 Å². The van der Waals surface area contributed by atoms with E-state index >= 15 is 0 Å². The Morgan fingerprint density at radius 2 is 1.73 bits per heavy atom. The summed E-state index contributed by atoms with van der Waals surface area (Å²) in [5, 5.41) is 0. The summed E-state index contributed by atoms with van der Waals surface area (Å²) in [5.41, 5.74) is 7.74. The molecule has 3 rings (SSSR count). The van der Waals surface area contributed by atoms with Crippen molar-refractivity contribution in [3.05, 3.63) is 58.1 Å². The molecule has 1 aliphatic rings. The molecule has 2 aromatic carbocycles. The van der Waals surface area contributed by atoms with Gasteiger partial charge in [0.05, 0.1) is 7.11 Å². The average molecular weight is 488 g/mol. The highest BCUT2D eigenvalue weighted by Gasteiger charge is 2.33. The molecule has 1 fully saturated rings. The maximum absolute atomic E-state index is 12.7. The van der Waals surface area contributed by atoms with Gasteiger partial charge in [-0.05, 0) is 29.8 Å². The number of rotatable bonds is 7. The molecule has 2 aromatic rings.